The molecule has 69 heavy (non-hydrogen) atoms. The number of ether oxygens (including phenoxy) is 2. The average Bonchev–Trinajstić information content (AvgIpc) is 3.35. The maximum Gasteiger partial charge on any atom is 0.220 e. The molecule has 0 aromatic carbocycles. The van der Waals surface area contributed by atoms with Gasteiger partial charge in [-0.2, -0.15) is 0 Å². The Hall–Kier alpha value is -4.19. The number of hydrogen-bond acceptors (Lipinski definition) is 8. The zero-order valence-corrected chi connectivity index (χ0v) is 42.5. The molecule has 1 amide bonds. The van der Waals surface area contributed by atoms with Gasteiger partial charge in [-0.3, -0.25) is 4.79 Å². The number of amides is 1. The van der Waals surface area contributed by atoms with Crippen molar-refractivity contribution >= 4 is 5.91 Å². The van der Waals surface area contributed by atoms with Crippen LogP contribution in [0.5, 0.6) is 0 Å². The summed E-state index contributed by atoms with van der Waals surface area (Å²) in [5.41, 5.74) is 0. The molecule has 0 bridgehead atoms. The molecule has 7 atom stereocenters. The summed E-state index contributed by atoms with van der Waals surface area (Å²) in [5, 5.41) is 53.9. The highest BCUT2D eigenvalue weighted by Crippen LogP contribution is 2.22. The van der Waals surface area contributed by atoms with Crippen molar-refractivity contribution in [3.05, 3.63) is 158 Å². The molecule has 6 N–H and O–H groups in total. The number of allylic oxidation sites excluding steroid dienone is 25. The maximum absolute atomic E-state index is 12.9. The molecule has 0 radical (unpaired) electrons. The van der Waals surface area contributed by atoms with Gasteiger partial charge in [0.05, 0.1) is 25.4 Å². The lowest BCUT2D eigenvalue weighted by atomic mass is 9.99. The van der Waals surface area contributed by atoms with Crippen LogP contribution in [-0.2, 0) is 14.3 Å². The number of unbranched alkanes of at least 4 members (excludes halogenated alkanes) is 7. The van der Waals surface area contributed by atoms with Gasteiger partial charge in [0, 0.05) is 6.42 Å². The van der Waals surface area contributed by atoms with Crippen molar-refractivity contribution < 1.29 is 39.8 Å². The van der Waals surface area contributed by atoms with Crippen molar-refractivity contribution in [2.75, 3.05) is 13.2 Å². The first-order valence-corrected chi connectivity index (χ1v) is 26.2. The Morgan fingerprint density at radius 3 is 1.32 bits per heavy atom. The number of hydrogen-bond donors (Lipinski definition) is 6. The summed E-state index contributed by atoms with van der Waals surface area (Å²) in [6.45, 7) is 3.53. The van der Waals surface area contributed by atoms with E-state index in [1.165, 1.54) is 19.3 Å². The van der Waals surface area contributed by atoms with Gasteiger partial charge in [0.15, 0.2) is 6.29 Å². The molecule has 0 aromatic heterocycles. The smallest absolute Gasteiger partial charge is 0.220 e. The van der Waals surface area contributed by atoms with Crippen molar-refractivity contribution in [1.29, 1.82) is 0 Å². The van der Waals surface area contributed by atoms with Crippen LogP contribution < -0.4 is 5.32 Å². The van der Waals surface area contributed by atoms with Crippen LogP contribution in [0, 0.1) is 0 Å². The molecule has 7 unspecified atom stereocenters. The average molecular weight is 956 g/mol. The number of aliphatic hydroxyl groups is 5. The summed E-state index contributed by atoms with van der Waals surface area (Å²) in [6, 6.07) is -0.837. The summed E-state index contributed by atoms with van der Waals surface area (Å²) in [6.07, 6.45) is 69.1. The highest BCUT2D eigenvalue weighted by Gasteiger charge is 2.44. The number of nitrogens with one attached hydrogen (secondary N) is 1. The van der Waals surface area contributed by atoms with E-state index in [1.54, 1.807) is 6.08 Å². The molecule has 1 heterocycles. The molecule has 1 fully saturated rings. The van der Waals surface area contributed by atoms with Gasteiger partial charge in [-0.05, 0) is 109 Å². The van der Waals surface area contributed by atoms with Crippen LogP contribution in [0.15, 0.2) is 158 Å². The molecule has 9 heteroatoms. The van der Waals surface area contributed by atoms with E-state index in [4.69, 9.17) is 9.47 Å². The third-order valence-corrected chi connectivity index (χ3v) is 11.1. The normalized spacial score (nSPS) is 20.8. The molecule has 386 valence electrons. The molecular formula is C60H93NO8. The van der Waals surface area contributed by atoms with Crippen molar-refractivity contribution in [3.8, 4) is 0 Å². The Morgan fingerprint density at radius 1 is 0.507 bits per heavy atom. The summed E-state index contributed by atoms with van der Waals surface area (Å²) in [4.78, 5) is 12.9. The fourth-order valence-corrected chi connectivity index (χ4v) is 6.96. The van der Waals surface area contributed by atoms with Gasteiger partial charge in [-0.15, -0.1) is 0 Å². The second-order valence-corrected chi connectivity index (χ2v) is 17.2. The van der Waals surface area contributed by atoms with Crippen LogP contribution in [0.2, 0.25) is 0 Å². The van der Waals surface area contributed by atoms with E-state index in [0.717, 1.165) is 109 Å². The largest absolute Gasteiger partial charge is 0.394 e. The molecular weight excluding hydrogens is 863 g/mol. The molecule has 1 saturated heterocycles. The SMILES string of the molecule is CC/C=C\C/C=C\C/C=C\C/C=C\C/C=C\C/C=C\C/C=C\C/C=C\C/C=C\C/C=C\C/C=C\C/C=C\CCCCC(=O)NC(COC1OC(CO)C(O)C(O)C1O)C(O)/C=C/CCCCCCC. The van der Waals surface area contributed by atoms with E-state index in [2.05, 4.69) is 165 Å². The first-order chi connectivity index (χ1) is 33.8. The summed E-state index contributed by atoms with van der Waals surface area (Å²) >= 11 is 0. The minimum atomic E-state index is -1.58. The van der Waals surface area contributed by atoms with Gasteiger partial charge in [0.1, 0.15) is 24.4 Å². The summed E-state index contributed by atoms with van der Waals surface area (Å²) in [7, 11) is 0. The van der Waals surface area contributed by atoms with Gasteiger partial charge in [0.2, 0.25) is 5.91 Å². The Labute approximate surface area is 418 Å². The Morgan fingerprint density at radius 2 is 0.899 bits per heavy atom. The summed E-state index contributed by atoms with van der Waals surface area (Å²) in [5.74, 6) is -0.232. The summed E-state index contributed by atoms with van der Waals surface area (Å²) < 4.78 is 11.1. The number of rotatable bonds is 41. The first-order valence-electron chi connectivity index (χ1n) is 26.2. The van der Waals surface area contributed by atoms with Crippen LogP contribution in [0.25, 0.3) is 0 Å². The minimum Gasteiger partial charge on any atom is -0.394 e. The van der Waals surface area contributed by atoms with Gasteiger partial charge in [-0.1, -0.05) is 198 Å². The zero-order chi connectivity index (χ0) is 50.1. The van der Waals surface area contributed by atoms with Crippen LogP contribution in [0.3, 0.4) is 0 Å². The maximum atomic E-state index is 12.9. The van der Waals surface area contributed by atoms with Crippen LogP contribution in [0.4, 0.5) is 0 Å². The van der Waals surface area contributed by atoms with Gasteiger partial charge < -0.3 is 40.3 Å². The predicted molar refractivity (Wildman–Crippen MR) is 289 cm³/mol. The molecule has 1 aliphatic rings. The third kappa shape index (κ3) is 37.3. The highest BCUT2D eigenvalue weighted by atomic mass is 16.7. The zero-order valence-electron chi connectivity index (χ0n) is 42.5. The van der Waals surface area contributed by atoms with Crippen molar-refractivity contribution in [3.63, 3.8) is 0 Å². The van der Waals surface area contributed by atoms with Crippen LogP contribution in [-0.4, -0.2) is 87.5 Å². The minimum absolute atomic E-state index is 0.218. The molecule has 1 rings (SSSR count). The van der Waals surface area contributed by atoms with E-state index in [9.17, 15) is 30.3 Å². The lowest BCUT2D eigenvalue weighted by Crippen LogP contribution is -2.60. The fraction of sp³-hybridized carbons (Fsp3) is 0.550. The second-order valence-electron chi connectivity index (χ2n) is 17.2. The van der Waals surface area contributed by atoms with Crippen molar-refractivity contribution in [2.45, 2.75) is 198 Å². The molecule has 9 nitrogen and oxygen atoms in total. The molecule has 0 spiro atoms. The van der Waals surface area contributed by atoms with E-state index in [-0.39, 0.29) is 18.9 Å². The molecule has 0 saturated carbocycles. The number of carbonyl (C=O) groups excluding carboxylic acids is 1. The van der Waals surface area contributed by atoms with Crippen molar-refractivity contribution in [1.82, 2.24) is 5.32 Å². The Kier molecular flexibility index (Phi) is 43.2. The first kappa shape index (κ1) is 62.8. The van der Waals surface area contributed by atoms with E-state index >= 15 is 0 Å². The van der Waals surface area contributed by atoms with Crippen LogP contribution in [0.1, 0.15) is 155 Å². The molecule has 1 aliphatic heterocycles. The van der Waals surface area contributed by atoms with E-state index in [1.807, 2.05) is 6.08 Å². The molecule has 0 aromatic rings. The number of carbonyl (C=O) groups is 1. The quantitative estimate of drug-likeness (QED) is 0.0262. The second kappa shape index (κ2) is 47.5. The van der Waals surface area contributed by atoms with E-state index < -0.39 is 49.5 Å². The number of aliphatic hydroxyl groups excluding tert-OH is 5. The standard InChI is InChI=1S/C60H93NO8/c1-3-5-7-9-11-12-13-14-15-16-17-18-19-20-21-22-23-24-25-26-27-28-29-30-31-32-33-34-35-36-37-38-39-40-41-42-44-46-48-50-56(64)61-53(54(63)49-47-45-43-10-8-6-4-2)52-68-60-59(67)58(66)57(65)55(51-62)69-60/h5,7,11-12,14-15,17-18,20-21,23-24,26-27,29-30,32-33,35-36,38-39,41-42,47,49,53-55,57-60,62-63,65-67H,3-4,6,8-10,13,16,19,22,25,28,31,34,37,40,43-46,48,50-52H2,1-2H3,(H,61,64)/b7-5-,12-11-,15-14-,18-17-,21-20-,24-23-,27-26-,30-29-,33-32-,36-35-,39-38-,42-41-,49-47+. The Balaban J connectivity index is 2.18. The van der Waals surface area contributed by atoms with Gasteiger partial charge >= 0.3 is 0 Å². The monoisotopic (exact) mass is 956 g/mol. The third-order valence-electron chi connectivity index (χ3n) is 11.1. The fourth-order valence-electron chi connectivity index (χ4n) is 6.96. The Bertz CT molecular complexity index is 1630. The lowest BCUT2D eigenvalue weighted by Gasteiger charge is -2.40. The highest BCUT2D eigenvalue weighted by molar-refractivity contribution is 5.76. The van der Waals surface area contributed by atoms with E-state index in [0.29, 0.717) is 6.42 Å². The lowest BCUT2D eigenvalue weighted by molar-refractivity contribution is -0.302. The topological polar surface area (TPSA) is 149 Å². The molecule has 0 aliphatic carbocycles. The van der Waals surface area contributed by atoms with Crippen LogP contribution >= 0.6 is 0 Å². The van der Waals surface area contributed by atoms with Crippen molar-refractivity contribution in [2.24, 2.45) is 0 Å². The predicted octanol–water partition coefficient (Wildman–Crippen LogP) is 12.5. The van der Waals surface area contributed by atoms with Gasteiger partial charge in [-0.25, -0.2) is 0 Å². The van der Waals surface area contributed by atoms with Gasteiger partial charge in [0.25, 0.3) is 0 Å².